The topological polar surface area (TPSA) is 81.8 Å². The Morgan fingerprint density at radius 1 is 1.29 bits per heavy atom. The van der Waals surface area contributed by atoms with Gasteiger partial charge in [-0.2, -0.15) is 16.4 Å². The highest BCUT2D eigenvalue weighted by Gasteiger charge is 2.22. The largest absolute Gasteiger partial charge is 0.353 e. The minimum atomic E-state index is -0.0942. The number of thiophene rings is 1. The molecule has 0 saturated carbocycles. The van der Waals surface area contributed by atoms with Crippen LogP contribution < -0.4 is 11.0 Å². The van der Waals surface area contributed by atoms with Crippen LogP contribution in [0.4, 0.5) is 0 Å². The van der Waals surface area contributed by atoms with Gasteiger partial charge in [-0.1, -0.05) is 6.07 Å². The van der Waals surface area contributed by atoms with Crippen LogP contribution >= 0.6 is 11.3 Å². The number of carbonyl (C=O) groups excluding carboxylic acids is 1. The van der Waals surface area contributed by atoms with Crippen LogP contribution in [0.3, 0.4) is 0 Å². The molecule has 0 bridgehead atoms. The Labute approximate surface area is 167 Å². The van der Waals surface area contributed by atoms with Crippen molar-refractivity contribution < 1.29 is 4.79 Å². The van der Waals surface area contributed by atoms with Crippen molar-refractivity contribution in [3.63, 3.8) is 0 Å². The molecule has 8 heteroatoms. The van der Waals surface area contributed by atoms with Crippen LogP contribution in [0.25, 0.3) is 0 Å². The van der Waals surface area contributed by atoms with E-state index in [4.69, 9.17) is 0 Å². The lowest BCUT2D eigenvalue weighted by Gasteiger charge is -2.16. The third kappa shape index (κ3) is 4.39. The van der Waals surface area contributed by atoms with Crippen LogP contribution in [0.5, 0.6) is 0 Å². The van der Waals surface area contributed by atoms with Crippen LogP contribution in [0.15, 0.2) is 46.1 Å². The summed E-state index contributed by atoms with van der Waals surface area (Å²) in [4.78, 5) is 29.0. The maximum atomic E-state index is 12.7. The normalized spacial score (nSPS) is 16.4. The number of amides is 1. The fourth-order valence-corrected chi connectivity index (χ4v) is 4.24. The molecule has 1 amide bonds. The Balaban J connectivity index is 1.34. The molecule has 7 nitrogen and oxygen atoms in total. The summed E-state index contributed by atoms with van der Waals surface area (Å²) in [6.45, 7) is 1.01. The van der Waals surface area contributed by atoms with Crippen molar-refractivity contribution in [2.24, 2.45) is 0 Å². The molecule has 0 aliphatic carbocycles. The lowest BCUT2D eigenvalue weighted by molar-refractivity contribution is -0.121. The number of hydrogen-bond acceptors (Lipinski definition) is 5. The van der Waals surface area contributed by atoms with E-state index in [1.807, 2.05) is 17.5 Å². The van der Waals surface area contributed by atoms with Crippen molar-refractivity contribution in [2.75, 3.05) is 0 Å². The van der Waals surface area contributed by atoms with E-state index in [-0.39, 0.29) is 17.6 Å². The Kier molecular flexibility index (Phi) is 5.66. The molecule has 0 aromatic carbocycles. The number of fused-ring (bicyclic) bond motifs is 1. The highest BCUT2D eigenvalue weighted by molar-refractivity contribution is 7.07. The van der Waals surface area contributed by atoms with Crippen molar-refractivity contribution in [1.29, 1.82) is 0 Å². The van der Waals surface area contributed by atoms with Gasteiger partial charge >= 0.3 is 5.69 Å². The molecule has 0 radical (unpaired) electrons. The third-order valence-corrected chi connectivity index (χ3v) is 5.79. The van der Waals surface area contributed by atoms with Crippen molar-refractivity contribution >= 4 is 17.2 Å². The minimum Gasteiger partial charge on any atom is -0.353 e. The van der Waals surface area contributed by atoms with E-state index >= 15 is 0 Å². The summed E-state index contributed by atoms with van der Waals surface area (Å²) in [6, 6.07) is 5.93. The molecule has 0 fully saturated rings. The number of rotatable bonds is 6. The first-order valence-electron chi connectivity index (χ1n) is 9.55. The summed E-state index contributed by atoms with van der Waals surface area (Å²) >= 11 is 1.65. The van der Waals surface area contributed by atoms with Crippen molar-refractivity contribution in [3.8, 4) is 0 Å². The lowest BCUT2D eigenvalue weighted by Crippen LogP contribution is -2.36. The molecule has 1 atom stereocenters. The average molecular weight is 398 g/mol. The van der Waals surface area contributed by atoms with Gasteiger partial charge < -0.3 is 5.32 Å². The molecule has 1 aliphatic rings. The van der Waals surface area contributed by atoms with Crippen molar-refractivity contribution in [1.82, 2.24) is 24.6 Å². The first-order valence-corrected chi connectivity index (χ1v) is 10.5. The van der Waals surface area contributed by atoms with E-state index in [1.54, 1.807) is 28.3 Å². The summed E-state index contributed by atoms with van der Waals surface area (Å²) in [5.41, 5.74) is 2.06. The molecule has 3 aromatic heterocycles. The summed E-state index contributed by atoms with van der Waals surface area (Å²) in [5.74, 6) is 0.869. The molecule has 28 heavy (non-hydrogen) atoms. The van der Waals surface area contributed by atoms with Gasteiger partial charge in [0.1, 0.15) is 5.82 Å². The van der Waals surface area contributed by atoms with Gasteiger partial charge in [0.25, 0.3) is 0 Å². The molecule has 0 spiro atoms. The van der Waals surface area contributed by atoms with E-state index < -0.39 is 0 Å². The molecular weight excluding hydrogens is 374 g/mol. The molecule has 1 N–H and O–H groups in total. The van der Waals surface area contributed by atoms with E-state index in [0.29, 0.717) is 25.9 Å². The second-order valence-electron chi connectivity index (χ2n) is 7.09. The summed E-state index contributed by atoms with van der Waals surface area (Å²) in [5, 5.41) is 11.7. The second kappa shape index (κ2) is 8.52. The monoisotopic (exact) mass is 397 g/mol. The van der Waals surface area contributed by atoms with E-state index in [0.717, 1.165) is 30.7 Å². The quantitative estimate of drug-likeness (QED) is 0.690. The smallest absolute Gasteiger partial charge is 0.346 e. The number of hydrogen-bond donors (Lipinski definition) is 1. The average Bonchev–Trinajstić information content (AvgIpc) is 3.27. The van der Waals surface area contributed by atoms with Crippen LogP contribution in [0.1, 0.15) is 36.2 Å². The number of nitrogens with one attached hydrogen (secondary N) is 1. The Morgan fingerprint density at radius 2 is 2.21 bits per heavy atom. The molecule has 4 rings (SSSR count). The summed E-state index contributed by atoms with van der Waals surface area (Å²) < 4.78 is 3.25. The number of nitrogens with zero attached hydrogens (tertiary/aromatic N) is 4. The fraction of sp³-hybridized carbons (Fsp3) is 0.400. The number of carbonyl (C=O) groups is 1. The molecule has 4 heterocycles. The van der Waals surface area contributed by atoms with Crippen LogP contribution in [-0.4, -0.2) is 31.3 Å². The highest BCUT2D eigenvalue weighted by atomic mass is 32.1. The number of pyridine rings is 1. The van der Waals surface area contributed by atoms with Crippen LogP contribution in [0.2, 0.25) is 0 Å². The van der Waals surface area contributed by atoms with Gasteiger partial charge in [-0.15, -0.1) is 0 Å². The van der Waals surface area contributed by atoms with E-state index in [1.165, 1.54) is 10.2 Å². The maximum absolute atomic E-state index is 12.7. The van der Waals surface area contributed by atoms with Crippen molar-refractivity contribution in [2.45, 2.75) is 51.2 Å². The first-order chi connectivity index (χ1) is 13.7. The van der Waals surface area contributed by atoms with Gasteiger partial charge in [0.2, 0.25) is 5.91 Å². The van der Waals surface area contributed by atoms with Gasteiger partial charge in [0.15, 0.2) is 0 Å². The summed E-state index contributed by atoms with van der Waals surface area (Å²) in [6.07, 6.45) is 6.95. The van der Waals surface area contributed by atoms with Crippen molar-refractivity contribution in [3.05, 3.63) is 68.8 Å². The molecule has 3 aromatic rings. The fourth-order valence-electron chi connectivity index (χ4n) is 3.53. The van der Waals surface area contributed by atoms with E-state index in [2.05, 4.69) is 26.8 Å². The van der Waals surface area contributed by atoms with Gasteiger partial charge in [-0.3, -0.25) is 14.3 Å². The molecule has 146 valence electrons. The molecule has 1 unspecified atom stereocenters. The number of aromatic nitrogens is 4. The molecule has 1 aliphatic heterocycles. The first kappa shape index (κ1) is 18.6. The highest BCUT2D eigenvalue weighted by Crippen LogP contribution is 2.13. The molecule has 0 saturated heterocycles. The molecular formula is C20H23N5O2S. The maximum Gasteiger partial charge on any atom is 0.346 e. The van der Waals surface area contributed by atoms with Gasteiger partial charge in [0, 0.05) is 37.8 Å². The van der Waals surface area contributed by atoms with Crippen LogP contribution in [-0.2, 0) is 30.7 Å². The standard InChI is InChI=1S/C20H23N5O2S/c26-19(6-3-15-8-11-28-14-15)22-17-4-5-18-23-25(20(27)24(18)10-7-17)13-16-2-1-9-21-12-16/h1-2,8-9,11-12,14,17H,3-7,10,13H2,(H,22,26). The second-order valence-corrected chi connectivity index (χ2v) is 7.87. The Hall–Kier alpha value is -2.74. The predicted molar refractivity (Wildman–Crippen MR) is 107 cm³/mol. The van der Waals surface area contributed by atoms with E-state index in [9.17, 15) is 9.59 Å². The minimum absolute atomic E-state index is 0.0738. The zero-order valence-electron chi connectivity index (χ0n) is 15.6. The van der Waals surface area contributed by atoms with Crippen LogP contribution in [0, 0.1) is 0 Å². The summed E-state index contributed by atoms with van der Waals surface area (Å²) in [7, 11) is 0. The van der Waals surface area contributed by atoms with Gasteiger partial charge in [0.05, 0.1) is 6.54 Å². The van der Waals surface area contributed by atoms with Gasteiger partial charge in [-0.05, 0) is 53.3 Å². The Bertz CT molecular complexity index is 978. The van der Waals surface area contributed by atoms with Gasteiger partial charge in [-0.25, -0.2) is 9.48 Å². The number of aryl methyl sites for hydroxylation is 2. The zero-order chi connectivity index (χ0) is 19.3. The zero-order valence-corrected chi connectivity index (χ0v) is 16.4. The lowest BCUT2D eigenvalue weighted by atomic mass is 10.1. The SMILES string of the molecule is O=C(CCc1ccsc1)NC1CCc2nn(Cc3cccnc3)c(=O)n2CC1. The predicted octanol–water partition coefficient (Wildman–Crippen LogP) is 2.00. The Morgan fingerprint density at radius 3 is 3.00 bits per heavy atom. The third-order valence-electron chi connectivity index (χ3n) is 5.06.